The van der Waals surface area contributed by atoms with Crippen LogP contribution in [0.5, 0.6) is 11.5 Å². The maximum Gasteiger partial charge on any atom is 0.124 e. The molecule has 0 aliphatic carbocycles. The first-order chi connectivity index (χ1) is 13.3. The van der Waals surface area contributed by atoms with Crippen molar-refractivity contribution in [2.45, 2.75) is 25.4 Å². The van der Waals surface area contributed by atoms with Crippen LogP contribution < -0.4 is 14.8 Å². The number of nitrogens with one attached hydrogen (secondary N) is 1. The summed E-state index contributed by atoms with van der Waals surface area (Å²) in [5, 5.41) is 3.36. The molecule has 0 radical (unpaired) electrons. The molecular weight excluding hydrogens is 338 g/mol. The third kappa shape index (κ3) is 5.59. The Bertz CT molecular complexity index is 727. The second-order valence-electron chi connectivity index (χ2n) is 6.81. The van der Waals surface area contributed by atoms with Crippen molar-refractivity contribution in [1.82, 2.24) is 5.32 Å². The number of benzene rings is 2. The SMILES string of the molecule is C=C1CNCC[C@@H]1c1ccc(OCCCOCc2ccccc2OC)cc1. The Morgan fingerprint density at radius 1 is 1.07 bits per heavy atom. The molecular formula is C23H29NO3. The molecule has 1 fully saturated rings. The van der Waals surface area contributed by atoms with Crippen LogP contribution in [-0.4, -0.2) is 33.4 Å². The number of methoxy groups -OCH3 is 1. The molecule has 1 atom stereocenters. The lowest BCUT2D eigenvalue weighted by atomic mass is 9.87. The van der Waals surface area contributed by atoms with E-state index < -0.39 is 0 Å². The summed E-state index contributed by atoms with van der Waals surface area (Å²) < 4.78 is 16.9. The van der Waals surface area contributed by atoms with E-state index in [1.54, 1.807) is 7.11 Å². The van der Waals surface area contributed by atoms with Gasteiger partial charge in [0.05, 0.1) is 26.9 Å². The first-order valence-corrected chi connectivity index (χ1v) is 9.58. The van der Waals surface area contributed by atoms with Gasteiger partial charge in [-0.25, -0.2) is 0 Å². The van der Waals surface area contributed by atoms with Gasteiger partial charge in [-0.1, -0.05) is 42.5 Å². The minimum absolute atomic E-state index is 0.462. The predicted molar refractivity (Wildman–Crippen MR) is 109 cm³/mol. The monoisotopic (exact) mass is 367 g/mol. The highest BCUT2D eigenvalue weighted by Gasteiger charge is 2.18. The Labute approximate surface area is 162 Å². The van der Waals surface area contributed by atoms with Crippen LogP contribution in [0.2, 0.25) is 0 Å². The number of hydrogen-bond acceptors (Lipinski definition) is 4. The molecule has 1 aliphatic rings. The number of ether oxygens (including phenoxy) is 3. The summed E-state index contributed by atoms with van der Waals surface area (Å²) in [6, 6.07) is 16.4. The minimum atomic E-state index is 0.462. The summed E-state index contributed by atoms with van der Waals surface area (Å²) in [6.45, 7) is 8.01. The molecule has 0 spiro atoms. The van der Waals surface area contributed by atoms with Gasteiger partial charge < -0.3 is 19.5 Å². The van der Waals surface area contributed by atoms with Gasteiger partial charge in [-0.2, -0.15) is 0 Å². The summed E-state index contributed by atoms with van der Waals surface area (Å²) >= 11 is 0. The molecule has 1 aliphatic heterocycles. The molecule has 27 heavy (non-hydrogen) atoms. The van der Waals surface area contributed by atoms with Gasteiger partial charge in [0.15, 0.2) is 0 Å². The van der Waals surface area contributed by atoms with Crippen molar-refractivity contribution in [3.63, 3.8) is 0 Å². The number of piperidine rings is 1. The van der Waals surface area contributed by atoms with Crippen LogP contribution >= 0.6 is 0 Å². The van der Waals surface area contributed by atoms with E-state index in [1.807, 2.05) is 24.3 Å². The topological polar surface area (TPSA) is 39.7 Å². The largest absolute Gasteiger partial charge is 0.496 e. The molecule has 4 nitrogen and oxygen atoms in total. The van der Waals surface area contributed by atoms with Gasteiger partial charge in [0, 0.05) is 24.4 Å². The minimum Gasteiger partial charge on any atom is -0.496 e. The molecule has 0 unspecified atom stereocenters. The zero-order valence-corrected chi connectivity index (χ0v) is 16.1. The quantitative estimate of drug-likeness (QED) is 0.529. The average molecular weight is 367 g/mol. The van der Waals surface area contributed by atoms with Crippen LogP contribution in [0.15, 0.2) is 60.7 Å². The zero-order valence-electron chi connectivity index (χ0n) is 16.1. The van der Waals surface area contributed by atoms with E-state index in [-0.39, 0.29) is 0 Å². The van der Waals surface area contributed by atoms with Crippen molar-refractivity contribution in [3.8, 4) is 11.5 Å². The summed E-state index contributed by atoms with van der Waals surface area (Å²) in [7, 11) is 1.68. The Kier molecular flexibility index (Phi) is 7.31. The van der Waals surface area contributed by atoms with E-state index in [4.69, 9.17) is 14.2 Å². The van der Waals surface area contributed by atoms with Gasteiger partial charge in [-0.3, -0.25) is 0 Å². The Morgan fingerprint density at radius 2 is 1.89 bits per heavy atom. The van der Waals surface area contributed by atoms with Crippen molar-refractivity contribution in [2.75, 3.05) is 33.4 Å². The van der Waals surface area contributed by atoms with Crippen molar-refractivity contribution < 1.29 is 14.2 Å². The van der Waals surface area contributed by atoms with E-state index in [9.17, 15) is 0 Å². The van der Waals surface area contributed by atoms with Gasteiger partial charge >= 0.3 is 0 Å². The molecule has 2 aromatic rings. The molecule has 1 saturated heterocycles. The van der Waals surface area contributed by atoms with Crippen LogP contribution in [-0.2, 0) is 11.3 Å². The summed E-state index contributed by atoms with van der Waals surface area (Å²) in [6.07, 6.45) is 1.96. The van der Waals surface area contributed by atoms with Crippen molar-refractivity contribution in [2.24, 2.45) is 0 Å². The Morgan fingerprint density at radius 3 is 2.67 bits per heavy atom. The zero-order chi connectivity index (χ0) is 18.9. The fourth-order valence-electron chi connectivity index (χ4n) is 3.38. The molecule has 1 heterocycles. The number of hydrogen-bond donors (Lipinski definition) is 1. The molecule has 0 aromatic heterocycles. The predicted octanol–water partition coefficient (Wildman–Crippen LogP) is 4.31. The molecule has 3 rings (SSSR count). The standard InChI is InChI=1S/C23H29NO3/c1-18-16-24-13-12-22(18)19-8-10-21(11-9-19)27-15-5-14-26-17-20-6-3-4-7-23(20)25-2/h3-4,6-11,22,24H,1,5,12-17H2,2H3/t22-/m0/s1. The van der Waals surface area contributed by atoms with Gasteiger partial charge in [0.25, 0.3) is 0 Å². The molecule has 1 N–H and O–H groups in total. The van der Waals surface area contributed by atoms with E-state index in [2.05, 4.69) is 36.2 Å². The van der Waals surface area contributed by atoms with Crippen LogP contribution in [0.3, 0.4) is 0 Å². The fourth-order valence-corrected chi connectivity index (χ4v) is 3.38. The van der Waals surface area contributed by atoms with E-state index in [0.29, 0.717) is 25.7 Å². The summed E-state index contributed by atoms with van der Waals surface area (Å²) in [4.78, 5) is 0. The highest BCUT2D eigenvalue weighted by atomic mass is 16.5. The third-order valence-corrected chi connectivity index (χ3v) is 4.89. The Hall–Kier alpha value is -2.30. The van der Waals surface area contributed by atoms with E-state index in [1.165, 1.54) is 11.1 Å². The second-order valence-corrected chi connectivity index (χ2v) is 6.81. The lowest BCUT2D eigenvalue weighted by molar-refractivity contribution is 0.105. The van der Waals surface area contributed by atoms with Crippen LogP contribution in [0.1, 0.15) is 29.9 Å². The maximum absolute atomic E-state index is 5.83. The van der Waals surface area contributed by atoms with Gasteiger partial charge in [-0.05, 0) is 36.7 Å². The van der Waals surface area contributed by atoms with E-state index >= 15 is 0 Å². The van der Waals surface area contributed by atoms with Crippen LogP contribution in [0, 0.1) is 0 Å². The molecule has 0 bridgehead atoms. The average Bonchev–Trinajstić information content (AvgIpc) is 2.72. The smallest absolute Gasteiger partial charge is 0.124 e. The van der Waals surface area contributed by atoms with Crippen LogP contribution in [0.4, 0.5) is 0 Å². The first-order valence-electron chi connectivity index (χ1n) is 9.58. The highest BCUT2D eigenvalue weighted by molar-refractivity contribution is 5.34. The molecule has 144 valence electrons. The summed E-state index contributed by atoms with van der Waals surface area (Å²) in [5.41, 5.74) is 3.66. The van der Waals surface area contributed by atoms with Gasteiger partial charge in [0.2, 0.25) is 0 Å². The second kappa shape index (κ2) is 10.1. The molecule has 4 heteroatoms. The fraction of sp³-hybridized carbons (Fsp3) is 0.391. The third-order valence-electron chi connectivity index (χ3n) is 4.89. The van der Waals surface area contributed by atoms with E-state index in [0.717, 1.165) is 43.0 Å². The lowest BCUT2D eigenvalue weighted by Crippen LogP contribution is -2.28. The molecule has 0 saturated carbocycles. The van der Waals surface area contributed by atoms with Gasteiger partial charge in [0.1, 0.15) is 11.5 Å². The molecule has 2 aromatic carbocycles. The van der Waals surface area contributed by atoms with Gasteiger partial charge in [-0.15, -0.1) is 0 Å². The molecule has 0 amide bonds. The first kappa shape index (κ1) is 19.5. The van der Waals surface area contributed by atoms with Crippen molar-refractivity contribution in [1.29, 1.82) is 0 Å². The maximum atomic E-state index is 5.83. The summed E-state index contributed by atoms with van der Waals surface area (Å²) in [5.74, 6) is 2.23. The number of para-hydroxylation sites is 1. The normalized spacial score (nSPS) is 16.9. The lowest BCUT2D eigenvalue weighted by Gasteiger charge is -2.25. The Balaban J connectivity index is 1.36. The van der Waals surface area contributed by atoms with Crippen molar-refractivity contribution >= 4 is 0 Å². The van der Waals surface area contributed by atoms with Crippen molar-refractivity contribution in [3.05, 3.63) is 71.8 Å². The van der Waals surface area contributed by atoms with Crippen LogP contribution in [0.25, 0.3) is 0 Å². The highest BCUT2D eigenvalue weighted by Crippen LogP contribution is 2.29. The number of rotatable bonds is 9.